The van der Waals surface area contributed by atoms with Crippen LogP contribution in [-0.2, 0) is 9.47 Å². The molecule has 72 valence electrons. The van der Waals surface area contributed by atoms with E-state index in [9.17, 15) is 0 Å². The highest BCUT2D eigenvalue weighted by atomic mass is 16.7. The third kappa shape index (κ3) is 1.99. The van der Waals surface area contributed by atoms with E-state index in [1.54, 1.807) is 0 Å². The normalized spacial score (nSPS) is 38.5. The summed E-state index contributed by atoms with van der Waals surface area (Å²) in [6.45, 7) is 8.58. The monoisotopic (exact) mass is 172 g/mol. The molecule has 0 aromatic carbocycles. The topological polar surface area (TPSA) is 18.5 Å². The summed E-state index contributed by atoms with van der Waals surface area (Å²) in [5.41, 5.74) is 0. The van der Waals surface area contributed by atoms with Crippen LogP contribution in [-0.4, -0.2) is 18.5 Å². The highest BCUT2D eigenvalue weighted by Crippen LogP contribution is 2.27. The second kappa shape index (κ2) is 4.24. The van der Waals surface area contributed by atoms with E-state index in [2.05, 4.69) is 27.7 Å². The van der Waals surface area contributed by atoms with Gasteiger partial charge in [0.15, 0.2) is 6.29 Å². The minimum atomic E-state index is 0.0370. The first-order valence-electron chi connectivity index (χ1n) is 4.99. The SMILES string of the molecule is CCC(C)C1O[C@@H](C)[C@H](CC)O1. The zero-order chi connectivity index (χ0) is 9.14. The van der Waals surface area contributed by atoms with Crippen molar-refractivity contribution in [3.8, 4) is 0 Å². The number of ether oxygens (including phenoxy) is 2. The van der Waals surface area contributed by atoms with E-state index >= 15 is 0 Å². The molecule has 1 fully saturated rings. The lowest BCUT2D eigenvalue weighted by Crippen LogP contribution is -2.19. The summed E-state index contributed by atoms with van der Waals surface area (Å²) in [5, 5.41) is 0. The molecule has 2 unspecified atom stereocenters. The summed E-state index contributed by atoms with van der Waals surface area (Å²) in [4.78, 5) is 0. The maximum Gasteiger partial charge on any atom is 0.161 e. The van der Waals surface area contributed by atoms with Gasteiger partial charge >= 0.3 is 0 Å². The summed E-state index contributed by atoms with van der Waals surface area (Å²) >= 11 is 0. The van der Waals surface area contributed by atoms with Crippen LogP contribution in [0.5, 0.6) is 0 Å². The molecule has 0 aliphatic carbocycles. The summed E-state index contributed by atoms with van der Waals surface area (Å²) in [5.74, 6) is 0.518. The van der Waals surface area contributed by atoms with Gasteiger partial charge in [0.2, 0.25) is 0 Å². The average molecular weight is 172 g/mol. The van der Waals surface area contributed by atoms with Crippen molar-refractivity contribution in [2.24, 2.45) is 5.92 Å². The molecule has 2 heteroatoms. The van der Waals surface area contributed by atoms with Crippen molar-refractivity contribution in [1.29, 1.82) is 0 Å². The lowest BCUT2D eigenvalue weighted by molar-refractivity contribution is -0.0990. The van der Waals surface area contributed by atoms with Crippen LogP contribution in [0.15, 0.2) is 0 Å². The Kier molecular flexibility index (Phi) is 3.53. The van der Waals surface area contributed by atoms with Gasteiger partial charge in [-0.05, 0) is 19.8 Å². The highest BCUT2D eigenvalue weighted by molar-refractivity contribution is 4.74. The molecule has 0 aromatic rings. The Balaban J connectivity index is 2.42. The molecule has 12 heavy (non-hydrogen) atoms. The van der Waals surface area contributed by atoms with Gasteiger partial charge in [0, 0.05) is 5.92 Å². The maximum atomic E-state index is 5.75. The smallest absolute Gasteiger partial charge is 0.161 e. The van der Waals surface area contributed by atoms with Crippen LogP contribution in [0.2, 0.25) is 0 Å². The molecule has 2 nitrogen and oxygen atoms in total. The molecular weight excluding hydrogens is 152 g/mol. The summed E-state index contributed by atoms with van der Waals surface area (Å²) in [7, 11) is 0. The highest BCUT2D eigenvalue weighted by Gasteiger charge is 2.33. The fraction of sp³-hybridized carbons (Fsp3) is 1.00. The van der Waals surface area contributed by atoms with Crippen LogP contribution >= 0.6 is 0 Å². The van der Waals surface area contributed by atoms with Gasteiger partial charge < -0.3 is 9.47 Å². The predicted octanol–water partition coefficient (Wildman–Crippen LogP) is 2.57. The minimum absolute atomic E-state index is 0.0370. The molecule has 0 bridgehead atoms. The molecule has 0 amide bonds. The first-order chi connectivity index (χ1) is 5.69. The van der Waals surface area contributed by atoms with Gasteiger partial charge in [0.1, 0.15) is 0 Å². The van der Waals surface area contributed by atoms with Crippen LogP contribution in [0.25, 0.3) is 0 Å². The molecule has 4 atom stereocenters. The van der Waals surface area contributed by atoms with E-state index in [-0.39, 0.29) is 12.4 Å². The van der Waals surface area contributed by atoms with Gasteiger partial charge in [-0.2, -0.15) is 0 Å². The maximum absolute atomic E-state index is 5.75. The van der Waals surface area contributed by atoms with E-state index in [4.69, 9.17) is 9.47 Å². The molecule has 0 saturated carbocycles. The Labute approximate surface area is 75.2 Å². The summed E-state index contributed by atoms with van der Waals surface area (Å²) < 4.78 is 11.4. The van der Waals surface area contributed by atoms with Crippen LogP contribution < -0.4 is 0 Å². The second-order valence-corrected chi connectivity index (χ2v) is 3.68. The van der Waals surface area contributed by atoms with E-state index in [0.29, 0.717) is 12.0 Å². The van der Waals surface area contributed by atoms with E-state index in [1.807, 2.05) is 0 Å². The van der Waals surface area contributed by atoms with Crippen molar-refractivity contribution < 1.29 is 9.47 Å². The lowest BCUT2D eigenvalue weighted by atomic mass is 10.1. The van der Waals surface area contributed by atoms with Gasteiger partial charge in [-0.25, -0.2) is 0 Å². The van der Waals surface area contributed by atoms with Gasteiger partial charge in [0.05, 0.1) is 12.2 Å². The first-order valence-corrected chi connectivity index (χ1v) is 4.99. The molecule has 1 heterocycles. The number of hydrogen-bond donors (Lipinski definition) is 0. The molecule has 0 spiro atoms. The van der Waals surface area contributed by atoms with Crippen molar-refractivity contribution in [2.75, 3.05) is 0 Å². The third-order valence-electron chi connectivity index (χ3n) is 2.69. The molecule has 0 radical (unpaired) electrons. The van der Waals surface area contributed by atoms with Crippen molar-refractivity contribution >= 4 is 0 Å². The number of rotatable bonds is 3. The fourth-order valence-electron chi connectivity index (χ4n) is 1.50. The quantitative estimate of drug-likeness (QED) is 0.651. The van der Waals surface area contributed by atoms with E-state index in [0.717, 1.165) is 12.8 Å². The molecule has 0 N–H and O–H groups in total. The molecule has 1 saturated heterocycles. The Hall–Kier alpha value is -0.0800. The van der Waals surface area contributed by atoms with Crippen LogP contribution in [0.4, 0.5) is 0 Å². The van der Waals surface area contributed by atoms with Crippen LogP contribution in [0, 0.1) is 5.92 Å². The van der Waals surface area contributed by atoms with E-state index < -0.39 is 0 Å². The Bertz CT molecular complexity index is 136. The van der Waals surface area contributed by atoms with Crippen LogP contribution in [0.1, 0.15) is 40.5 Å². The van der Waals surface area contributed by atoms with Crippen molar-refractivity contribution in [3.05, 3.63) is 0 Å². The molecule has 0 aromatic heterocycles. The molecule has 1 aliphatic heterocycles. The zero-order valence-corrected chi connectivity index (χ0v) is 8.54. The standard InChI is InChI=1S/C10H20O2/c1-5-7(3)10-11-8(4)9(6-2)12-10/h7-10H,5-6H2,1-4H3/t7?,8-,9-,10?/m0/s1. The van der Waals surface area contributed by atoms with Gasteiger partial charge in [-0.15, -0.1) is 0 Å². The van der Waals surface area contributed by atoms with Crippen molar-refractivity contribution in [3.63, 3.8) is 0 Å². The minimum Gasteiger partial charge on any atom is -0.347 e. The zero-order valence-electron chi connectivity index (χ0n) is 8.54. The fourth-order valence-corrected chi connectivity index (χ4v) is 1.50. The lowest BCUT2D eigenvalue weighted by Gasteiger charge is -2.16. The van der Waals surface area contributed by atoms with Gasteiger partial charge in [-0.3, -0.25) is 0 Å². The molecule has 1 rings (SSSR count). The average Bonchev–Trinajstić information content (AvgIpc) is 2.45. The molecule has 1 aliphatic rings. The van der Waals surface area contributed by atoms with Crippen LogP contribution in [0.3, 0.4) is 0 Å². The van der Waals surface area contributed by atoms with E-state index in [1.165, 1.54) is 0 Å². The first kappa shape index (κ1) is 10.0. The Morgan fingerprint density at radius 1 is 1.25 bits per heavy atom. The predicted molar refractivity (Wildman–Crippen MR) is 49.0 cm³/mol. The van der Waals surface area contributed by atoms with Crippen molar-refractivity contribution in [1.82, 2.24) is 0 Å². The number of hydrogen-bond acceptors (Lipinski definition) is 2. The Morgan fingerprint density at radius 3 is 2.33 bits per heavy atom. The largest absolute Gasteiger partial charge is 0.347 e. The second-order valence-electron chi connectivity index (χ2n) is 3.68. The van der Waals surface area contributed by atoms with Gasteiger partial charge in [-0.1, -0.05) is 20.8 Å². The summed E-state index contributed by atoms with van der Waals surface area (Å²) in [6.07, 6.45) is 2.79. The Morgan fingerprint density at radius 2 is 1.92 bits per heavy atom. The molecular formula is C10H20O2. The van der Waals surface area contributed by atoms with Crippen molar-refractivity contribution in [2.45, 2.75) is 59.0 Å². The summed E-state index contributed by atoms with van der Waals surface area (Å²) in [6, 6.07) is 0. The third-order valence-corrected chi connectivity index (χ3v) is 2.69. The van der Waals surface area contributed by atoms with Gasteiger partial charge in [0.25, 0.3) is 0 Å².